The summed E-state index contributed by atoms with van der Waals surface area (Å²) < 4.78 is 0. The van der Waals surface area contributed by atoms with Gasteiger partial charge in [0.25, 0.3) is 0 Å². The summed E-state index contributed by atoms with van der Waals surface area (Å²) in [6.45, 7) is 3.28. The minimum atomic E-state index is -1.39. The Labute approximate surface area is 149 Å². The quantitative estimate of drug-likeness (QED) is 0.692. The fourth-order valence-corrected chi connectivity index (χ4v) is 3.04. The average molecular weight is 341 g/mol. The number of benzene rings is 2. The Balaban J connectivity index is 2.26. The van der Waals surface area contributed by atoms with E-state index in [1.807, 2.05) is 60.7 Å². The third-order valence-electron chi connectivity index (χ3n) is 4.40. The second-order valence-corrected chi connectivity index (χ2v) is 6.37. The van der Waals surface area contributed by atoms with Crippen LogP contribution in [0.1, 0.15) is 37.3 Å². The maximum absolute atomic E-state index is 11.4. The maximum Gasteiger partial charge on any atom is 0.334 e. The standard InChI is InChI=1S/C21H27NO3/c1-2-3-14-19(20(23)21(24)25)22(15-17-10-6-4-7-11-17)16-18-12-8-5-9-13-18/h4-13,19-20,23H,2-3,14-16H2,1H3,(H,24,25)/t19-,20?/m0/s1. The molecule has 0 heterocycles. The predicted molar refractivity (Wildman–Crippen MR) is 99.1 cm³/mol. The molecule has 2 aromatic rings. The van der Waals surface area contributed by atoms with E-state index in [9.17, 15) is 15.0 Å². The number of aliphatic hydroxyl groups excluding tert-OH is 1. The fourth-order valence-electron chi connectivity index (χ4n) is 3.04. The number of aliphatic carboxylic acids is 1. The Bertz CT molecular complexity index is 589. The van der Waals surface area contributed by atoms with Crippen molar-refractivity contribution in [3.8, 4) is 0 Å². The van der Waals surface area contributed by atoms with E-state index in [4.69, 9.17) is 0 Å². The van der Waals surface area contributed by atoms with Crippen molar-refractivity contribution in [2.45, 2.75) is 51.4 Å². The van der Waals surface area contributed by atoms with Gasteiger partial charge < -0.3 is 10.2 Å². The lowest BCUT2D eigenvalue weighted by Gasteiger charge is -2.33. The van der Waals surface area contributed by atoms with Crippen LogP contribution in [0.25, 0.3) is 0 Å². The van der Waals surface area contributed by atoms with Gasteiger partial charge in [-0.15, -0.1) is 0 Å². The van der Waals surface area contributed by atoms with Gasteiger partial charge in [-0.25, -0.2) is 4.79 Å². The molecule has 4 heteroatoms. The van der Waals surface area contributed by atoms with Gasteiger partial charge >= 0.3 is 5.97 Å². The zero-order valence-electron chi connectivity index (χ0n) is 14.7. The number of nitrogens with zero attached hydrogens (tertiary/aromatic N) is 1. The number of carboxylic acid groups (broad SMARTS) is 1. The van der Waals surface area contributed by atoms with Crippen LogP contribution in [0.3, 0.4) is 0 Å². The lowest BCUT2D eigenvalue weighted by atomic mass is 10.00. The molecule has 0 saturated carbocycles. The van der Waals surface area contributed by atoms with Gasteiger partial charge in [0.05, 0.1) is 0 Å². The molecular formula is C21H27NO3. The van der Waals surface area contributed by atoms with Gasteiger partial charge in [-0.1, -0.05) is 80.4 Å². The molecule has 4 nitrogen and oxygen atoms in total. The molecule has 0 amide bonds. The van der Waals surface area contributed by atoms with Crippen molar-refractivity contribution in [1.29, 1.82) is 0 Å². The van der Waals surface area contributed by atoms with Crippen molar-refractivity contribution in [3.63, 3.8) is 0 Å². The lowest BCUT2D eigenvalue weighted by molar-refractivity contribution is -0.151. The van der Waals surface area contributed by atoms with Crippen LogP contribution in [0, 0.1) is 0 Å². The molecule has 1 unspecified atom stereocenters. The van der Waals surface area contributed by atoms with Crippen LogP contribution in [0.15, 0.2) is 60.7 Å². The third-order valence-corrected chi connectivity index (χ3v) is 4.40. The molecule has 0 aliphatic rings. The van der Waals surface area contributed by atoms with Crippen LogP contribution >= 0.6 is 0 Å². The number of aliphatic hydroxyl groups is 1. The minimum Gasteiger partial charge on any atom is -0.479 e. The molecule has 0 radical (unpaired) electrons. The summed E-state index contributed by atoms with van der Waals surface area (Å²) >= 11 is 0. The zero-order chi connectivity index (χ0) is 18.1. The van der Waals surface area contributed by atoms with Crippen LogP contribution in [-0.4, -0.2) is 33.2 Å². The highest BCUT2D eigenvalue weighted by Crippen LogP contribution is 2.20. The van der Waals surface area contributed by atoms with E-state index in [0.29, 0.717) is 19.5 Å². The highest BCUT2D eigenvalue weighted by molar-refractivity contribution is 5.72. The van der Waals surface area contributed by atoms with E-state index in [0.717, 1.165) is 24.0 Å². The number of carboxylic acids is 1. The average Bonchev–Trinajstić information content (AvgIpc) is 2.63. The van der Waals surface area contributed by atoms with Gasteiger partial charge in [0.2, 0.25) is 0 Å². The highest BCUT2D eigenvalue weighted by atomic mass is 16.4. The first-order valence-corrected chi connectivity index (χ1v) is 8.84. The number of unbranched alkanes of at least 4 members (excludes halogenated alkanes) is 1. The van der Waals surface area contributed by atoms with Crippen molar-refractivity contribution in [2.75, 3.05) is 0 Å². The number of hydrogen-bond acceptors (Lipinski definition) is 3. The van der Waals surface area contributed by atoms with Crippen molar-refractivity contribution in [3.05, 3.63) is 71.8 Å². The molecule has 0 aromatic heterocycles. The van der Waals surface area contributed by atoms with Gasteiger partial charge in [-0.3, -0.25) is 4.90 Å². The number of rotatable bonds is 10. The van der Waals surface area contributed by atoms with Crippen LogP contribution in [0.5, 0.6) is 0 Å². The predicted octanol–water partition coefficient (Wildman–Crippen LogP) is 3.69. The fraction of sp³-hybridized carbons (Fsp3) is 0.381. The molecule has 0 saturated heterocycles. The largest absolute Gasteiger partial charge is 0.479 e. The van der Waals surface area contributed by atoms with E-state index in [2.05, 4.69) is 11.8 Å². The molecule has 0 spiro atoms. The van der Waals surface area contributed by atoms with Gasteiger partial charge in [0, 0.05) is 19.1 Å². The van der Waals surface area contributed by atoms with Gasteiger partial charge in [0.15, 0.2) is 6.10 Å². The van der Waals surface area contributed by atoms with Crippen LogP contribution < -0.4 is 0 Å². The van der Waals surface area contributed by atoms with Gasteiger partial charge in [-0.05, 0) is 17.5 Å². The minimum absolute atomic E-state index is 0.419. The van der Waals surface area contributed by atoms with Gasteiger partial charge in [0.1, 0.15) is 0 Å². The molecular weight excluding hydrogens is 314 g/mol. The molecule has 2 atom stereocenters. The van der Waals surface area contributed by atoms with Crippen molar-refractivity contribution in [2.24, 2.45) is 0 Å². The Morgan fingerprint density at radius 1 is 0.960 bits per heavy atom. The van der Waals surface area contributed by atoms with E-state index < -0.39 is 18.1 Å². The molecule has 0 aliphatic carbocycles. The number of hydrogen-bond donors (Lipinski definition) is 2. The molecule has 0 fully saturated rings. The summed E-state index contributed by atoms with van der Waals surface area (Å²) in [5, 5.41) is 19.7. The van der Waals surface area contributed by atoms with Crippen LogP contribution in [-0.2, 0) is 17.9 Å². The Kier molecular flexibility index (Phi) is 7.64. The first kappa shape index (κ1) is 19.2. The second kappa shape index (κ2) is 9.97. The van der Waals surface area contributed by atoms with E-state index >= 15 is 0 Å². The van der Waals surface area contributed by atoms with Crippen LogP contribution in [0.4, 0.5) is 0 Å². The van der Waals surface area contributed by atoms with Crippen molar-refractivity contribution < 1.29 is 15.0 Å². The van der Waals surface area contributed by atoms with Crippen molar-refractivity contribution in [1.82, 2.24) is 4.90 Å². The summed E-state index contributed by atoms with van der Waals surface area (Å²) in [6.07, 6.45) is 1.12. The first-order chi connectivity index (χ1) is 12.1. The van der Waals surface area contributed by atoms with E-state index in [1.54, 1.807) is 0 Å². The summed E-state index contributed by atoms with van der Waals surface area (Å²) in [5.74, 6) is -1.16. The highest BCUT2D eigenvalue weighted by Gasteiger charge is 2.30. The summed E-state index contributed by atoms with van der Waals surface area (Å²) in [7, 11) is 0. The first-order valence-electron chi connectivity index (χ1n) is 8.84. The molecule has 0 aliphatic heterocycles. The Morgan fingerprint density at radius 2 is 1.44 bits per heavy atom. The molecule has 0 bridgehead atoms. The maximum atomic E-state index is 11.4. The molecule has 134 valence electrons. The molecule has 2 N–H and O–H groups in total. The summed E-state index contributed by atoms with van der Waals surface area (Å²) in [5.41, 5.74) is 2.22. The Morgan fingerprint density at radius 3 is 1.84 bits per heavy atom. The summed E-state index contributed by atoms with van der Waals surface area (Å²) in [6, 6.07) is 19.5. The second-order valence-electron chi connectivity index (χ2n) is 6.37. The van der Waals surface area contributed by atoms with E-state index in [-0.39, 0.29) is 0 Å². The normalized spacial score (nSPS) is 13.6. The van der Waals surface area contributed by atoms with Crippen molar-refractivity contribution >= 4 is 5.97 Å². The summed E-state index contributed by atoms with van der Waals surface area (Å²) in [4.78, 5) is 13.5. The Hall–Kier alpha value is -2.17. The number of carbonyl (C=O) groups is 1. The van der Waals surface area contributed by atoms with Crippen LogP contribution in [0.2, 0.25) is 0 Å². The molecule has 2 aromatic carbocycles. The van der Waals surface area contributed by atoms with E-state index in [1.165, 1.54) is 0 Å². The third kappa shape index (κ3) is 6.00. The smallest absolute Gasteiger partial charge is 0.334 e. The monoisotopic (exact) mass is 341 g/mol. The zero-order valence-corrected chi connectivity index (χ0v) is 14.7. The SMILES string of the molecule is CCCC[C@@H](C(O)C(=O)O)N(Cc1ccccc1)Cc1ccccc1. The van der Waals surface area contributed by atoms with Gasteiger partial charge in [-0.2, -0.15) is 0 Å². The molecule has 25 heavy (non-hydrogen) atoms. The lowest BCUT2D eigenvalue weighted by Crippen LogP contribution is -2.46. The molecule has 2 rings (SSSR count). The topological polar surface area (TPSA) is 60.8 Å².